The molecule has 2 heterocycles. The Morgan fingerprint density at radius 2 is 2.56 bits per heavy atom. The fourth-order valence-electron chi connectivity index (χ4n) is 2.18. The van der Waals surface area contributed by atoms with Crippen molar-refractivity contribution in [3.63, 3.8) is 0 Å². The van der Waals surface area contributed by atoms with E-state index >= 15 is 0 Å². The standard InChI is InChI=1S/C12H18N2O3S/c1-2-17-12(16)11-13-9(8-18-11)6-14-5-3-4-10(14)7-15/h8,10,15H,2-7H2,1H3. The molecule has 1 unspecified atom stereocenters. The molecule has 1 saturated heterocycles. The van der Waals surface area contributed by atoms with Crippen molar-refractivity contribution in [3.05, 3.63) is 16.1 Å². The monoisotopic (exact) mass is 270 g/mol. The van der Waals surface area contributed by atoms with Gasteiger partial charge in [-0.15, -0.1) is 11.3 Å². The number of ether oxygens (including phenoxy) is 1. The van der Waals surface area contributed by atoms with Gasteiger partial charge in [0.15, 0.2) is 0 Å². The zero-order chi connectivity index (χ0) is 13.0. The van der Waals surface area contributed by atoms with Crippen LogP contribution in [0.1, 0.15) is 35.3 Å². The number of carbonyl (C=O) groups is 1. The average Bonchev–Trinajstić information content (AvgIpc) is 2.99. The molecule has 1 fully saturated rings. The van der Waals surface area contributed by atoms with Crippen LogP contribution in [0.4, 0.5) is 0 Å². The lowest BCUT2D eigenvalue weighted by molar-refractivity contribution is 0.0525. The average molecular weight is 270 g/mol. The largest absolute Gasteiger partial charge is 0.461 e. The number of esters is 1. The van der Waals surface area contributed by atoms with Gasteiger partial charge in [0.2, 0.25) is 5.01 Å². The van der Waals surface area contributed by atoms with E-state index < -0.39 is 0 Å². The molecule has 1 aromatic rings. The normalized spacial score (nSPS) is 20.2. The fraction of sp³-hybridized carbons (Fsp3) is 0.667. The number of rotatable bonds is 5. The van der Waals surface area contributed by atoms with Crippen LogP contribution in [0.2, 0.25) is 0 Å². The number of thiazole rings is 1. The highest BCUT2D eigenvalue weighted by Gasteiger charge is 2.24. The first-order chi connectivity index (χ1) is 8.74. The van der Waals surface area contributed by atoms with Gasteiger partial charge in [0, 0.05) is 18.0 Å². The van der Waals surface area contributed by atoms with Gasteiger partial charge >= 0.3 is 5.97 Å². The van der Waals surface area contributed by atoms with Crippen molar-refractivity contribution in [2.24, 2.45) is 0 Å². The quantitative estimate of drug-likeness (QED) is 0.817. The Hall–Kier alpha value is -0.980. The van der Waals surface area contributed by atoms with Crippen LogP contribution in [-0.2, 0) is 11.3 Å². The fourth-order valence-corrected chi connectivity index (χ4v) is 2.88. The van der Waals surface area contributed by atoms with Gasteiger partial charge in [0.25, 0.3) is 0 Å². The van der Waals surface area contributed by atoms with Crippen molar-refractivity contribution in [2.45, 2.75) is 32.4 Å². The molecule has 18 heavy (non-hydrogen) atoms. The molecule has 1 aliphatic heterocycles. The Kier molecular flexibility index (Phi) is 4.68. The summed E-state index contributed by atoms with van der Waals surface area (Å²) < 4.78 is 4.91. The molecule has 1 aliphatic rings. The van der Waals surface area contributed by atoms with Crippen molar-refractivity contribution < 1.29 is 14.6 Å². The van der Waals surface area contributed by atoms with E-state index in [2.05, 4.69) is 9.88 Å². The van der Waals surface area contributed by atoms with Crippen molar-refractivity contribution in [1.82, 2.24) is 9.88 Å². The summed E-state index contributed by atoms with van der Waals surface area (Å²) in [5.74, 6) is -0.353. The molecule has 0 aromatic carbocycles. The predicted octanol–water partition coefficient (Wildman–Crippen LogP) is 1.28. The molecule has 5 nitrogen and oxygen atoms in total. The molecule has 0 bridgehead atoms. The highest BCUT2D eigenvalue weighted by Crippen LogP contribution is 2.20. The Bertz CT molecular complexity index is 408. The van der Waals surface area contributed by atoms with Gasteiger partial charge in [-0.2, -0.15) is 0 Å². The summed E-state index contributed by atoms with van der Waals surface area (Å²) >= 11 is 1.31. The topological polar surface area (TPSA) is 62.7 Å². The SMILES string of the molecule is CCOC(=O)c1nc(CN2CCCC2CO)cs1. The van der Waals surface area contributed by atoms with Gasteiger partial charge < -0.3 is 9.84 Å². The summed E-state index contributed by atoms with van der Waals surface area (Å²) in [4.78, 5) is 18.0. The van der Waals surface area contributed by atoms with E-state index in [1.165, 1.54) is 11.3 Å². The maximum Gasteiger partial charge on any atom is 0.367 e. The number of hydrogen-bond acceptors (Lipinski definition) is 6. The van der Waals surface area contributed by atoms with Gasteiger partial charge in [-0.05, 0) is 26.3 Å². The lowest BCUT2D eigenvalue weighted by Crippen LogP contribution is -2.31. The van der Waals surface area contributed by atoms with Crippen LogP contribution in [-0.4, -0.2) is 46.8 Å². The Labute approximate surface area is 110 Å². The van der Waals surface area contributed by atoms with Crippen LogP contribution in [0.5, 0.6) is 0 Å². The number of likely N-dealkylation sites (tertiary alicyclic amines) is 1. The van der Waals surface area contributed by atoms with Crippen molar-refractivity contribution in [2.75, 3.05) is 19.8 Å². The minimum absolute atomic E-state index is 0.189. The zero-order valence-electron chi connectivity index (χ0n) is 10.5. The van der Waals surface area contributed by atoms with E-state index in [1.54, 1.807) is 6.92 Å². The summed E-state index contributed by atoms with van der Waals surface area (Å²) in [7, 11) is 0. The van der Waals surface area contributed by atoms with E-state index in [4.69, 9.17) is 4.74 Å². The van der Waals surface area contributed by atoms with Crippen LogP contribution in [0.25, 0.3) is 0 Å². The molecule has 0 saturated carbocycles. The van der Waals surface area contributed by atoms with E-state index in [9.17, 15) is 9.90 Å². The maximum absolute atomic E-state index is 11.5. The van der Waals surface area contributed by atoms with E-state index in [1.807, 2.05) is 5.38 Å². The summed E-state index contributed by atoms with van der Waals surface area (Å²) in [6.45, 7) is 4.02. The van der Waals surface area contributed by atoms with Gasteiger partial charge in [-0.3, -0.25) is 4.90 Å². The molecule has 1 atom stereocenters. The Morgan fingerprint density at radius 1 is 1.72 bits per heavy atom. The second-order valence-electron chi connectivity index (χ2n) is 4.31. The van der Waals surface area contributed by atoms with Gasteiger partial charge in [-0.25, -0.2) is 9.78 Å². The van der Waals surface area contributed by atoms with Crippen LogP contribution >= 0.6 is 11.3 Å². The molecule has 0 spiro atoms. The molecule has 1 N–H and O–H groups in total. The third-order valence-electron chi connectivity index (χ3n) is 3.08. The molecule has 1 aromatic heterocycles. The lowest BCUT2D eigenvalue weighted by Gasteiger charge is -2.21. The minimum atomic E-state index is -0.353. The first-order valence-corrected chi connectivity index (χ1v) is 7.09. The van der Waals surface area contributed by atoms with Gasteiger partial charge in [-0.1, -0.05) is 0 Å². The minimum Gasteiger partial charge on any atom is -0.461 e. The lowest BCUT2D eigenvalue weighted by atomic mass is 10.2. The number of aliphatic hydroxyl groups is 1. The number of aromatic nitrogens is 1. The Morgan fingerprint density at radius 3 is 3.28 bits per heavy atom. The van der Waals surface area contributed by atoms with Crippen LogP contribution in [0.3, 0.4) is 0 Å². The van der Waals surface area contributed by atoms with Crippen molar-refractivity contribution >= 4 is 17.3 Å². The summed E-state index contributed by atoms with van der Waals surface area (Å²) in [6.07, 6.45) is 2.14. The smallest absolute Gasteiger partial charge is 0.367 e. The Balaban J connectivity index is 1.96. The molecule has 2 rings (SSSR count). The highest BCUT2D eigenvalue weighted by molar-refractivity contribution is 7.11. The first-order valence-electron chi connectivity index (χ1n) is 6.21. The number of nitrogens with zero attached hydrogens (tertiary/aromatic N) is 2. The first kappa shape index (κ1) is 13.5. The molecular weight excluding hydrogens is 252 g/mol. The summed E-state index contributed by atoms with van der Waals surface area (Å²) in [6, 6.07) is 0.234. The van der Waals surface area contributed by atoms with Crippen molar-refractivity contribution in [3.8, 4) is 0 Å². The second-order valence-corrected chi connectivity index (χ2v) is 5.17. The summed E-state index contributed by atoms with van der Waals surface area (Å²) in [5, 5.41) is 11.5. The third kappa shape index (κ3) is 3.07. The number of aliphatic hydroxyl groups excluding tert-OH is 1. The van der Waals surface area contributed by atoms with E-state index in [0.29, 0.717) is 18.2 Å². The molecule has 0 amide bonds. The molecule has 0 radical (unpaired) electrons. The molecule has 6 heteroatoms. The second kappa shape index (κ2) is 6.26. The highest BCUT2D eigenvalue weighted by atomic mass is 32.1. The van der Waals surface area contributed by atoms with Crippen LogP contribution in [0.15, 0.2) is 5.38 Å². The summed E-state index contributed by atoms with van der Waals surface area (Å²) in [5.41, 5.74) is 0.878. The van der Waals surface area contributed by atoms with Gasteiger partial charge in [0.1, 0.15) is 0 Å². The third-order valence-corrected chi connectivity index (χ3v) is 3.95. The molecule has 0 aliphatic carbocycles. The predicted molar refractivity (Wildman–Crippen MR) is 68.6 cm³/mol. The number of hydrogen-bond donors (Lipinski definition) is 1. The van der Waals surface area contributed by atoms with Crippen molar-refractivity contribution in [1.29, 1.82) is 0 Å². The van der Waals surface area contributed by atoms with Crippen LogP contribution in [0, 0.1) is 0 Å². The number of carbonyl (C=O) groups excluding carboxylic acids is 1. The zero-order valence-corrected chi connectivity index (χ0v) is 11.3. The maximum atomic E-state index is 11.5. The van der Waals surface area contributed by atoms with Gasteiger partial charge in [0.05, 0.1) is 18.9 Å². The molecule has 100 valence electrons. The van der Waals surface area contributed by atoms with E-state index in [-0.39, 0.29) is 18.6 Å². The van der Waals surface area contributed by atoms with E-state index in [0.717, 1.165) is 25.1 Å². The van der Waals surface area contributed by atoms with Crippen LogP contribution < -0.4 is 0 Å². The molecular formula is C12H18N2O3S.